The van der Waals surface area contributed by atoms with Gasteiger partial charge in [0, 0.05) is 11.8 Å². The van der Waals surface area contributed by atoms with E-state index < -0.39 is 0 Å². The molecule has 0 saturated carbocycles. The first-order valence-corrected chi connectivity index (χ1v) is 6.13. The quantitative estimate of drug-likeness (QED) is 0.834. The number of nitrogens with one attached hydrogen (secondary N) is 1. The van der Waals surface area contributed by atoms with Gasteiger partial charge in [0.25, 0.3) is 0 Å². The second-order valence-corrected chi connectivity index (χ2v) is 4.56. The minimum Gasteiger partial charge on any atom is -0.310 e. The number of likely N-dealkylation sites (N-methyl/N-ethyl adjacent to an activating group) is 1. The molecule has 18 heavy (non-hydrogen) atoms. The van der Waals surface area contributed by atoms with E-state index in [1.807, 2.05) is 48.3 Å². The molecule has 1 unspecified atom stereocenters. The van der Waals surface area contributed by atoms with Crippen LogP contribution in [0.25, 0.3) is 5.69 Å². The minimum absolute atomic E-state index is 0.215. The molecule has 0 amide bonds. The number of benzene rings is 1. The van der Waals surface area contributed by atoms with E-state index in [1.165, 1.54) is 11.1 Å². The summed E-state index contributed by atoms with van der Waals surface area (Å²) in [5.41, 5.74) is 3.54. The molecule has 1 aromatic heterocycles. The van der Waals surface area contributed by atoms with Crippen molar-refractivity contribution in [1.82, 2.24) is 15.1 Å². The Balaban J connectivity index is 2.27. The van der Waals surface area contributed by atoms with E-state index in [0.717, 1.165) is 5.69 Å². The highest BCUT2D eigenvalue weighted by atomic mass is 15.3. The van der Waals surface area contributed by atoms with Gasteiger partial charge in [-0.25, -0.2) is 4.68 Å². The van der Waals surface area contributed by atoms with Crippen molar-refractivity contribution in [3.8, 4) is 5.69 Å². The van der Waals surface area contributed by atoms with Crippen LogP contribution in [0.4, 0.5) is 0 Å². The van der Waals surface area contributed by atoms with Gasteiger partial charge in [0.1, 0.15) is 0 Å². The Hall–Kier alpha value is -1.87. The van der Waals surface area contributed by atoms with Gasteiger partial charge in [-0.3, -0.25) is 0 Å². The van der Waals surface area contributed by atoms with E-state index in [1.54, 1.807) is 0 Å². The van der Waals surface area contributed by atoms with Gasteiger partial charge in [-0.15, -0.1) is 0 Å². The van der Waals surface area contributed by atoms with Crippen LogP contribution in [0.1, 0.15) is 25.5 Å². The third-order valence-electron chi connectivity index (χ3n) is 2.79. The molecule has 0 radical (unpaired) electrons. The molecule has 0 aliphatic heterocycles. The number of hydrogen-bond donors (Lipinski definition) is 1. The molecule has 1 atom stereocenters. The van der Waals surface area contributed by atoms with Crippen molar-refractivity contribution in [3.63, 3.8) is 0 Å². The molecule has 0 aliphatic carbocycles. The first-order chi connectivity index (χ1) is 8.70. The fourth-order valence-corrected chi connectivity index (χ4v) is 1.90. The minimum atomic E-state index is 0.215. The number of rotatable bonds is 4. The van der Waals surface area contributed by atoms with Crippen LogP contribution < -0.4 is 5.32 Å². The normalized spacial score (nSPS) is 12.2. The number of hydrogen-bond acceptors (Lipinski definition) is 2. The summed E-state index contributed by atoms with van der Waals surface area (Å²) < 4.78 is 1.90. The second-order valence-electron chi connectivity index (χ2n) is 4.56. The average Bonchev–Trinajstić information content (AvgIpc) is 2.86. The fourth-order valence-electron chi connectivity index (χ4n) is 1.90. The Kier molecular flexibility index (Phi) is 3.95. The topological polar surface area (TPSA) is 29.9 Å². The summed E-state index contributed by atoms with van der Waals surface area (Å²) in [6.07, 6.45) is 6.18. The lowest BCUT2D eigenvalue weighted by Gasteiger charge is -2.09. The van der Waals surface area contributed by atoms with Gasteiger partial charge >= 0.3 is 0 Å². The molecule has 0 aliphatic rings. The van der Waals surface area contributed by atoms with Crippen molar-refractivity contribution in [3.05, 3.63) is 59.9 Å². The number of para-hydroxylation sites is 1. The summed E-state index contributed by atoms with van der Waals surface area (Å²) in [6.45, 7) is 4.21. The van der Waals surface area contributed by atoms with Gasteiger partial charge in [0.2, 0.25) is 0 Å². The van der Waals surface area contributed by atoms with Crippen LogP contribution >= 0.6 is 0 Å². The van der Waals surface area contributed by atoms with Gasteiger partial charge in [-0.1, -0.05) is 29.8 Å². The molecule has 2 aromatic rings. The number of nitrogens with zero attached hydrogens (tertiary/aromatic N) is 2. The zero-order valence-corrected chi connectivity index (χ0v) is 11.1. The van der Waals surface area contributed by atoms with E-state index >= 15 is 0 Å². The highest BCUT2D eigenvalue weighted by Crippen LogP contribution is 2.17. The van der Waals surface area contributed by atoms with E-state index in [4.69, 9.17) is 0 Å². The average molecular weight is 241 g/mol. The monoisotopic (exact) mass is 241 g/mol. The third kappa shape index (κ3) is 2.87. The van der Waals surface area contributed by atoms with Crippen LogP contribution in [-0.2, 0) is 0 Å². The first-order valence-electron chi connectivity index (χ1n) is 6.13. The molecule has 3 nitrogen and oxygen atoms in total. The predicted octanol–water partition coefficient (Wildman–Crippen LogP) is 3.10. The molecule has 0 spiro atoms. The maximum atomic E-state index is 4.41. The van der Waals surface area contributed by atoms with E-state index in [-0.39, 0.29) is 6.04 Å². The van der Waals surface area contributed by atoms with Gasteiger partial charge < -0.3 is 5.32 Å². The Morgan fingerprint density at radius 3 is 2.61 bits per heavy atom. The maximum Gasteiger partial charge on any atom is 0.0645 e. The summed E-state index contributed by atoms with van der Waals surface area (Å²) in [5.74, 6) is 0. The van der Waals surface area contributed by atoms with Gasteiger partial charge in [0.05, 0.1) is 17.9 Å². The highest BCUT2D eigenvalue weighted by Gasteiger charge is 2.09. The SMILES string of the molecule is CNC(C=C(C)C)c1cnn(-c2ccccc2)c1. The molecule has 0 fully saturated rings. The summed E-state index contributed by atoms with van der Waals surface area (Å²) in [6, 6.07) is 10.4. The van der Waals surface area contributed by atoms with Crippen molar-refractivity contribution in [2.45, 2.75) is 19.9 Å². The summed E-state index contributed by atoms with van der Waals surface area (Å²) in [4.78, 5) is 0. The molecule has 94 valence electrons. The zero-order valence-electron chi connectivity index (χ0n) is 11.1. The van der Waals surface area contributed by atoms with Crippen molar-refractivity contribution < 1.29 is 0 Å². The molecular formula is C15H19N3. The van der Waals surface area contributed by atoms with Crippen molar-refractivity contribution in [2.75, 3.05) is 7.05 Å². The largest absolute Gasteiger partial charge is 0.310 e. The Morgan fingerprint density at radius 2 is 2.00 bits per heavy atom. The highest BCUT2D eigenvalue weighted by molar-refractivity contribution is 5.32. The molecule has 0 bridgehead atoms. The van der Waals surface area contributed by atoms with Gasteiger partial charge in [0.15, 0.2) is 0 Å². The first kappa shape index (κ1) is 12.6. The maximum absolute atomic E-state index is 4.41. The summed E-state index contributed by atoms with van der Waals surface area (Å²) in [5, 5.41) is 7.69. The molecule has 1 aromatic carbocycles. The molecule has 1 heterocycles. The Morgan fingerprint density at radius 1 is 1.28 bits per heavy atom. The lowest BCUT2D eigenvalue weighted by Crippen LogP contribution is -2.13. The van der Waals surface area contributed by atoms with Crippen molar-refractivity contribution >= 4 is 0 Å². The molecule has 3 heteroatoms. The second kappa shape index (κ2) is 5.65. The van der Waals surface area contributed by atoms with Gasteiger partial charge in [-0.05, 0) is 33.0 Å². The van der Waals surface area contributed by atoms with Crippen LogP contribution in [0.3, 0.4) is 0 Å². The van der Waals surface area contributed by atoms with E-state index in [9.17, 15) is 0 Å². The van der Waals surface area contributed by atoms with Crippen molar-refractivity contribution in [1.29, 1.82) is 0 Å². The van der Waals surface area contributed by atoms with E-state index in [0.29, 0.717) is 0 Å². The third-order valence-corrected chi connectivity index (χ3v) is 2.79. The van der Waals surface area contributed by atoms with Gasteiger partial charge in [-0.2, -0.15) is 5.10 Å². The Labute approximate surface area is 108 Å². The molecule has 0 saturated heterocycles. The van der Waals surface area contributed by atoms with Crippen molar-refractivity contribution in [2.24, 2.45) is 0 Å². The smallest absolute Gasteiger partial charge is 0.0645 e. The summed E-state index contributed by atoms with van der Waals surface area (Å²) >= 11 is 0. The lowest BCUT2D eigenvalue weighted by molar-refractivity contribution is 0.709. The number of aromatic nitrogens is 2. The predicted molar refractivity (Wildman–Crippen MR) is 74.8 cm³/mol. The summed E-state index contributed by atoms with van der Waals surface area (Å²) in [7, 11) is 1.96. The van der Waals surface area contributed by atoms with E-state index in [2.05, 4.69) is 36.5 Å². The van der Waals surface area contributed by atoms with Crippen LogP contribution in [0, 0.1) is 0 Å². The fraction of sp³-hybridized carbons (Fsp3) is 0.267. The lowest BCUT2D eigenvalue weighted by atomic mass is 10.1. The van der Waals surface area contributed by atoms with Crippen LogP contribution in [0.15, 0.2) is 54.4 Å². The van der Waals surface area contributed by atoms with Crippen LogP contribution in [0.2, 0.25) is 0 Å². The zero-order chi connectivity index (χ0) is 13.0. The molecule has 1 N–H and O–H groups in total. The van der Waals surface area contributed by atoms with Crippen LogP contribution in [-0.4, -0.2) is 16.8 Å². The molecule has 2 rings (SSSR count). The standard InChI is InChI=1S/C15H19N3/c1-12(2)9-15(16-3)13-10-17-18(11-13)14-7-5-4-6-8-14/h4-11,15-16H,1-3H3. The molecular weight excluding hydrogens is 222 g/mol. The number of allylic oxidation sites excluding steroid dienone is 1. The Bertz CT molecular complexity index is 522. The van der Waals surface area contributed by atoms with Crippen LogP contribution in [0.5, 0.6) is 0 Å².